The van der Waals surface area contributed by atoms with Gasteiger partial charge in [-0.2, -0.15) is 12.6 Å². The molecule has 0 saturated heterocycles. The van der Waals surface area contributed by atoms with Gasteiger partial charge in [-0.15, -0.1) is 0 Å². The Hall–Kier alpha value is -4.55. The summed E-state index contributed by atoms with van der Waals surface area (Å²) in [6.45, 7) is -1.48. The molecule has 19 heteroatoms. The topological polar surface area (TPSA) is 248 Å². The number of thiol groups is 1. The number of anilines is 1. The third-order valence-corrected chi connectivity index (χ3v) is 4.68. The number of aliphatic carboxylic acids is 2. The number of nitrogens with zero attached hydrogens (tertiary/aromatic N) is 6. The maximum Gasteiger partial charge on any atom is 0.332 e. The SMILES string of the molecule is O=C(O)CN(C(=O)[C@H](CS)N(C(=O)CC[C@@H](C(=O)O)N(c1ccccc1)[N+](=O)[O-])[N+](=O)[O-])[N+](=O)[O-]. The number of rotatable bonds is 14. The normalized spacial score (nSPS) is 12.0. The molecule has 0 aliphatic rings. The van der Waals surface area contributed by atoms with Gasteiger partial charge in [0.05, 0.1) is 0 Å². The Kier molecular flexibility index (Phi) is 10.3. The van der Waals surface area contributed by atoms with E-state index in [4.69, 9.17) is 5.11 Å². The smallest absolute Gasteiger partial charge is 0.332 e. The molecule has 0 radical (unpaired) electrons. The minimum atomic E-state index is -2.24. The van der Waals surface area contributed by atoms with Crippen molar-refractivity contribution in [3.8, 4) is 0 Å². The molecule has 2 amide bonds. The Balaban J connectivity index is 3.21. The Morgan fingerprint density at radius 2 is 1.49 bits per heavy atom. The van der Waals surface area contributed by atoms with Crippen molar-refractivity contribution in [2.75, 3.05) is 17.3 Å². The monoisotopic (exact) mass is 518 g/mol. The molecule has 0 fully saturated rings. The molecule has 0 heterocycles. The first-order chi connectivity index (χ1) is 16.3. The molecule has 18 nitrogen and oxygen atoms in total. The lowest BCUT2D eigenvalue weighted by Crippen LogP contribution is -2.56. The van der Waals surface area contributed by atoms with Crippen LogP contribution in [0.3, 0.4) is 0 Å². The first-order valence-electron chi connectivity index (χ1n) is 9.29. The Bertz CT molecular complexity index is 1010. The third-order valence-electron chi connectivity index (χ3n) is 4.33. The summed E-state index contributed by atoms with van der Waals surface area (Å²) in [5, 5.41) is 47.7. The van der Waals surface area contributed by atoms with Crippen LogP contribution in [0.25, 0.3) is 0 Å². The number of para-hydroxylation sites is 1. The van der Waals surface area contributed by atoms with E-state index in [0.717, 1.165) is 0 Å². The molecule has 1 aromatic carbocycles. The summed E-state index contributed by atoms with van der Waals surface area (Å²) in [5.74, 6) is -7.68. The summed E-state index contributed by atoms with van der Waals surface area (Å²) in [4.78, 5) is 81.5. The van der Waals surface area contributed by atoms with Crippen LogP contribution < -0.4 is 5.01 Å². The van der Waals surface area contributed by atoms with Crippen molar-refractivity contribution in [1.82, 2.24) is 10.0 Å². The van der Waals surface area contributed by atoms with Crippen molar-refractivity contribution in [2.24, 2.45) is 0 Å². The minimum absolute atomic E-state index is 0.165. The van der Waals surface area contributed by atoms with E-state index in [1.54, 1.807) is 0 Å². The number of carboxylic acids is 2. The highest BCUT2D eigenvalue weighted by Crippen LogP contribution is 2.21. The highest BCUT2D eigenvalue weighted by atomic mass is 32.1. The predicted molar refractivity (Wildman–Crippen MR) is 114 cm³/mol. The summed E-state index contributed by atoms with van der Waals surface area (Å²) in [6.07, 6.45) is -1.85. The molecular formula is C16H18N6O12S. The Labute approximate surface area is 200 Å². The molecule has 35 heavy (non-hydrogen) atoms. The highest BCUT2D eigenvalue weighted by molar-refractivity contribution is 7.80. The van der Waals surface area contributed by atoms with Gasteiger partial charge in [0, 0.05) is 12.2 Å². The number of carboxylic acid groups (broad SMARTS) is 2. The molecule has 0 aromatic heterocycles. The predicted octanol–water partition coefficient (Wildman–Crippen LogP) is -0.658. The van der Waals surface area contributed by atoms with Gasteiger partial charge in [0.25, 0.3) is 5.91 Å². The zero-order valence-corrected chi connectivity index (χ0v) is 18.4. The molecule has 0 aliphatic heterocycles. The first kappa shape index (κ1) is 28.5. The number of benzene rings is 1. The van der Waals surface area contributed by atoms with E-state index < -0.39 is 81.1 Å². The van der Waals surface area contributed by atoms with E-state index in [1.807, 2.05) is 0 Å². The van der Waals surface area contributed by atoms with E-state index in [2.05, 4.69) is 12.6 Å². The van der Waals surface area contributed by atoms with E-state index in [0.29, 0.717) is 0 Å². The minimum Gasteiger partial charge on any atom is -0.480 e. The zero-order valence-electron chi connectivity index (χ0n) is 17.5. The molecule has 2 N–H and O–H groups in total. The molecule has 190 valence electrons. The van der Waals surface area contributed by atoms with Crippen LogP contribution in [-0.2, 0) is 19.2 Å². The average molecular weight is 518 g/mol. The second kappa shape index (κ2) is 12.6. The Morgan fingerprint density at radius 1 is 0.914 bits per heavy atom. The second-order valence-electron chi connectivity index (χ2n) is 6.51. The maximum atomic E-state index is 12.6. The number of hydrogen-bond donors (Lipinski definition) is 3. The first-order valence-corrected chi connectivity index (χ1v) is 9.92. The van der Waals surface area contributed by atoms with Crippen LogP contribution in [0.1, 0.15) is 12.8 Å². The van der Waals surface area contributed by atoms with Crippen molar-refractivity contribution in [3.63, 3.8) is 0 Å². The summed E-state index contributed by atoms with van der Waals surface area (Å²) in [5.41, 5.74) is -0.165. The van der Waals surface area contributed by atoms with Gasteiger partial charge in [0.1, 0.15) is 5.69 Å². The van der Waals surface area contributed by atoms with Gasteiger partial charge in [-0.3, -0.25) is 14.4 Å². The van der Waals surface area contributed by atoms with Crippen LogP contribution in [0.4, 0.5) is 5.69 Å². The number of carbonyl (C=O) groups excluding carboxylic acids is 2. The van der Waals surface area contributed by atoms with Gasteiger partial charge in [0.2, 0.25) is 0 Å². The number of carbonyl (C=O) groups is 4. The average Bonchev–Trinajstić information content (AvgIpc) is 2.77. The number of hydrazine groups is 3. The van der Waals surface area contributed by atoms with Crippen LogP contribution in [-0.4, -0.2) is 83.5 Å². The number of hydrogen-bond acceptors (Lipinski definition) is 11. The van der Waals surface area contributed by atoms with Crippen molar-refractivity contribution >= 4 is 42.1 Å². The van der Waals surface area contributed by atoms with Crippen molar-refractivity contribution in [2.45, 2.75) is 24.9 Å². The van der Waals surface area contributed by atoms with Crippen molar-refractivity contribution < 1.29 is 44.5 Å². The zero-order chi connectivity index (χ0) is 26.9. The van der Waals surface area contributed by atoms with E-state index in [1.165, 1.54) is 30.3 Å². The van der Waals surface area contributed by atoms with Crippen LogP contribution in [0.5, 0.6) is 0 Å². The van der Waals surface area contributed by atoms with E-state index >= 15 is 0 Å². The molecule has 1 rings (SSSR count). The van der Waals surface area contributed by atoms with Crippen LogP contribution in [0, 0.1) is 30.3 Å². The molecule has 0 unspecified atom stereocenters. The van der Waals surface area contributed by atoms with Gasteiger partial charge in [0.15, 0.2) is 33.7 Å². The number of amides is 2. The third kappa shape index (κ3) is 7.48. The highest BCUT2D eigenvalue weighted by Gasteiger charge is 2.45. The van der Waals surface area contributed by atoms with E-state index in [-0.39, 0.29) is 15.7 Å². The van der Waals surface area contributed by atoms with Crippen LogP contribution in [0.15, 0.2) is 30.3 Å². The fourth-order valence-corrected chi connectivity index (χ4v) is 3.16. The lowest BCUT2D eigenvalue weighted by Gasteiger charge is -2.24. The fraction of sp³-hybridized carbons (Fsp3) is 0.375. The summed E-state index contributed by atoms with van der Waals surface area (Å²) in [7, 11) is 0. The maximum absolute atomic E-state index is 12.6. The summed E-state index contributed by atoms with van der Waals surface area (Å²) in [6, 6.07) is 2.48. The lowest BCUT2D eigenvalue weighted by atomic mass is 10.1. The molecule has 0 bridgehead atoms. The standard InChI is InChI=1S/C16H18N6O12S/c23-13(7-6-11(16(27)28)18(21(31)32)10-4-2-1-3-5-10)19(22(33)34)12(9-35)15(26)17(20(29)30)8-14(24)25/h1-5,11-12,35H,6-9H2,(H,24,25)(H,27,28)/t11-,12-/m0/s1. The second-order valence-corrected chi connectivity index (χ2v) is 6.88. The van der Waals surface area contributed by atoms with E-state index in [9.17, 15) is 54.6 Å². The molecule has 0 saturated carbocycles. The van der Waals surface area contributed by atoms with Crippen LogP contribution in [0.2, 0.25) is 0 Å². The molecular weight excluding hydrogens is 500 g/mol. The van der Waals surface area contributed by atoms with Crippen LogP contribution >= 0.6 is 12.6 Å². The van der Waals surface area contributed by atoms with Gasteiger partial charge < -0.3 is 10.2 Å². The summed E-state index contributed by atoms with van der Waals surface area (Å²) < 4.78 is 0. The van der Waals surface area contributed by atoms with Gasteiger partial charge in [-0.25, -0.2) is 35.1 Å². The van der Waals surface area contributed by atoms with Gasteiger partial charge >= 0.3 is 17.8 Å². The van der Waals surface area contributed by atoms with Gasteiger partial charge in [-0.1, -0.05) is 23.2 Å². The Morgan fingerprint density at radius 3 is 1.89 bits per heavy atom. The van der Waals surface area contributed by atoms with Crippen molar-refractivity contribution in [3.05, 3.63) is 60.7 Å². The summed E-state index contributed by atoms with van der Waals surface area (Å²) >= 11 is 3.68. The molecule has 1 aromatic rings. The number of nitro groups is 3. The fourth-order valence-electron chi connectivity index (χ4n) is 2.85. The molecule has 0 aliphatic carbocycles. The van der Waals surface area contributed by atoms with Gasteiger partial charge in [-0.05, 0) is 28.6 Å². The quantitative estimate of drug-likeness (QED) is 0.157. The lowest BCUT2D eigenvalue weighted by molar-refractivity contribution is -0.649. The van der Waals surface area contributed by atoms with Crippen molar-refractivity contribution in [1.29, 1.82) is 0 Å². The largest absolute Gasteiger partial charge is 0.480 e. The molecule has 0 spiro atoms. The molecule has 2 atom stereocenters.